The lowest BCUT2D eigenvalue weighted by atomic mass is 10.0. The Kier molecular flexibility index (Phi) is 3.98. The molecule has 1 aliphatic rings. The minimum Gasteiger partial charge on any atom is -0.332 e. The first kappa shape index (κ1) is 13.5. The Morgan fingerprint density at radius 2 is 1.90 bits per heavy atom. The Labute approximate surface area is 128 Å². The van der Waals surface area contributed by atoms with Crippen LogP contribution in [0.25, 0.3) is 0 Å². The van der Waals surface area contributed by atoms with Crippen molar-refractivity contribution >= 4 is 39.5 Å². The van der Waals surface area contributed by atoms with E-state index in [9.17, 15) is 0 Å². The number of thiocarbonyl (C=S) groups is 1. The fourth-order valence-electron chi connectivity index (χ4n) is 2.30. The highest BCUT2D eigenvalue weighted by molar-refractivity contribution is 7.80. The molecule has 1 heterocycles. The zero-order chi connectivity index (χ0) is 13.9. The number of aromatic nitrogens is 1. The van der Waals surface area contributed by atoms with Crippen LogP contribution in [0.15, 0.2) is 24.3 Å². The van der Waals surface area contributed by atoms with Gasteiger partial charge in [0.25, 0.3) is 0 Å². The van der Waals surface area contributed by atoms with Crippen molar-refractivity contribution in [1.29, 1.82) is 0 Å². The molecule has 0 saturated heterocycles. The first-order chi connectivity index (χ1) is 9.70. The fraction of sp³-hybridized carbons (Fsp3) is 0.333. The van der Waals surface area contributed by atoms with Crippen molar-refractivity contribution in [3.63, 3.8) is 0 Å². The van der Waals surface area contributed by atoms with Crippen molar-refractivity contribution in [3.05, 3.63) is 40.4 Å². The molecule has 5 heteroatoms. The van der Waals surface area contributed by atoms with E-state index >= 15 is 0 Å². The summed E-state index contributed by atoms with van der Waals surface area (Å²) in [5, 5.41) is 7.88. The van der Waals surface area contributed by atoms with Gasteiger partial charge in [-0.2, -0.15) is 0 Å². The molecule has 1 aromatic heterocycles. The number of anilines is 2. The molecule has 20 heavy (non-hydrogen) atoms. The predicted molar refractivity (Wildman–Crippen MR) is 89.8 cm³/mol. The molecule has 0 atom stereocenters. The third-order valence-corrected chi connectivity index (χ3v) is 4.65. The summed E-state index contributed by atoms with van der Waals surface area (Å²) in [4.78, 5) is 6.04. The van der Waals surface area contributed by atoms with Crippen molar-refractivity contribution in [2.75, 3.05) is 10.6 Å². The summed E-state index contributed by atoms with van der Waals surface area (Å²) in [5.41, 5.74) is 3.48. The Morgan fingerprint density at radius 3 is 2.65 bits per heavy atom. The van der Waals surface area contributed by atoms with E-state index in [1.807, 2.05) is 12.1 Å². The molecular weight excluding hydrogens is 286 g/mol. The van der Waals surface area contributed by atoms with Crippen LogP contribution in [-0.4, -0.2) is 10.1 Å². The predicted octanol–water partition coefficient (Wildman–Crippen LogP) is 4.14. The summed E-state index contributed by atoms with van der Waals surface area (Å²) in [6, 6.07) is 8.17. The number of nitrogens with zero attached hydrogens (tertiary/aromatic N) is 1. The third kappa shape index (κ3) is 3.16. The van der Waals surface area contributed by atoms with Crippen LogP contribution < -0.4 is 10.6 Å². The normalized spacial score (nSPS) is 13.7. The molecule has 0 fully saturated rings. The molecular formula is C15H17N3S2. The molecule has 104 valence electrons. The van der Waals surface area contributed by atoms with Crippen LogP contribution in [0.3, 0.4) is 0 Å². The van der Waals surface area contributed by atoms with Gasteiger partial charge in [-0.3, -0.25) is 0 Å². The number of fused-ring (bicyclic) bond motifs is 1. The maximum Gasteiger partial charge on any atom is 0.189 e. The quantitative estimate of drug-likeness (QED) is 0.818. The lowest BCUT2D eigenvalue weighted by Crippen LogP contribution is -2.18. The van der Waals surface area contributed by atoms with Gasteiger partial charge in [-0.25, -0.2) is 4.98 Å². The Hall–Kier alpha value is -1.46. The summed E-state index contributed by atoms with van der Waals surface area (Å²) in [7, 11) is 0. The smallest absolute Gasteiger partial charge is 0.189 e. The van der Waals surface area contributed by atoms with Crippen LogP contribution in [0.2, 0.25) is 0 Å². The topological polar surface area (TPSA) is 37.0 Å². The maximum atomic E-state index is 5.34. The number of thiazole rings is 1. The van der Waals surface area contributed by atoms with E-state index in [2.05, 4.69) is 34.7 Å². The van der Waals surface area contributed by atoms with Crippen molar-refractivity contribution < 1.29 is 0 Å². The first-order valence-electron chi connectivity index (χ1n) is 6.84. The van der Waals surface area contributed by atoms with Gasteiger partial charge in [-0.1, -0.05) is 17.7 Å². The molecule has 0 spiro atoms. The minimum atomic E-state index is 0.597. The number of aryl methyl sites for hydroxylation is 3. The fourth-order valence-corrected chi connectivity index (χ4v) is 3.64. The van der Waals surface area contributed by atoms with Gasteiger partial charge in [0.2, 0.25) is 0 Å². The van der Waals surface area contributed by atoms with Gasteiger partial charge >= 0.3 is 0 Å². The Bertz CT molecular complexity index is 593. The van der Waals surface area contributed by atoms with E-state index in [4.69, 9.17) is 12.2 Å². The SMILES string of the molecule is Cc1ccc(NC(=S)Nc2nc3c(s2)CCCC3)cc1. The second-order valence-corrected chi connectivity index (χ2v) is 6.53. The van der Waals surface area contributed by atoms with E-state index in [0.717, 1.165) is 23.7 Å². The van der Waals surface area contributed by atoms with Crippen LogP contribution in [0.1, 0.15) is 29.0 Å². The van der Waals surface area contributed by atoms with Gasteiger partial charge < -0.3 is 10.6 Å². The van der Waals surface area contributed by atoms with Crippen molar-refractivity contribution in [2.45, 2.75) is 32.6 Å². The van der Waals surface area contributed by atoms with Gasteiger partial charge in [0, 0.05) is 10.6 Å². The lowest BCUT2D eigenvalue weighted by molar-refractivity contribution is 0.683. The van der Waals surface area contributed by atoms with Crippen molar-refractivity contribution in [3.8, 4) is 0 Å². The second-order valence-electron chi connectivity index (χ2n) is 5.04. The van der Waals surface area contributed by atoms with Gasteiger partial charge in [0.1, 0.15) is 0 Å². The molecule has 0 saturated carbocycles. The van der Waals surface area contributed by atoms with Crippen molar-refractivity contribution in [1.82, 2.24) is 4.98 Å². The van der Waals surface area contributed by atoms with E-state index in [1.54, 1.807) is 11.3 Å². The van der Waals surface area contributed by atoms with Gasteiger partial charge in [-0.05, 0) is 57.0 Å². The standard InChI is InChI=1S/C15H17N3S2/c1-10-6-8-11(9-7-10)16-14(19)18-15-17-12-4-2-3-5-13(12)20-15/h6-9H,2-5H2,1H3,(H2,16,17,18,19). The first-order valence-corrected chi connectivity index (χ1v) is 8.06. The molecule has 2 N–H and O–H groups in total. The molecule has 0 amide bonds. The average molecular weight is 303 g/mol. The molecule has 1 aromatic carbocycles. The number of hydrogen-bond acceptors (Lipinski definition) is 3. The summed E-state index contributed by atoms with van der Waals surface area (Å²) >= 11 is 7.06. The maximum absolute atomic E-state index is 5.34. The molecule has 2 aromatic rings. The van der Waals surface area contributed by atoms with E-state index in [-0.39, 0.29) is 0 Å². The lowest BCUT2D eigenvalue weighted by Gasteiger charge is -2.08. The number of rotatable bonds is 2. The number of benzene rings is 1. The number of nitrogens with one attached hydrogen (secondary N) is 2. The number of hydrogen-bond donors (Lipinski definition) is 2. The Morgan fingerprint density at radius 1 is 1.15 bits per heavy atom. The minimum absolute atomic E-state index is 0.597. The monoisotopic (exact) mass is 303 g/mol. The zero-order valence-electron chi connectivity index (χ0n) is 11.4. The molecule has 0 unspecified atom stereocenters. The largest absolute Gasteiger partial charge is 0.332 e. The highest BCUT2D eigenvalue weighted by Gasteiger charge is 2.15. The third-order valence-electron chi connectivity index (χ3n) is 3.38. The molecule has 0 bridgehead atoms. The average Bonchev–Trinajstić information content (AvgIpc) is 2.83. The highest BCUT2D eigenvalue weighted by Crippen LogP contribution is 2.29. The van der Waals surface area contributed by atoms with Crippen LogP contribution in [0.4, 0.5) is 10.8 Å². The van der Waals surface area contributed by atoms with E-state index < -0.39 is 0 Å². The molecule has 0 aliphatic heterocycles. The summed E-state index contributed by atoms with van der Waals surface area (Å²) in [5.74, 6) is 0. The van der Waals surface area contributed by atoms with Gasteiger partial charge in [-0.15, -0.1) is 11.3 Å². The second kappa shape index (κ2) is 5.89. The Balaban J connectivity index is 1.63. The molecule has 0 radical (unpaired) electrons. The summed E-state index contributed by atoms with van der Waals surface area (Å²) < 4.78 is 0. The van der Waals surface area contributed by atoms with Crippen LogP contribution in [0, 0.1) is 6.92 Å². The van der Waals surface area contributed by atoms with Crippen molar-refractivity contribution in [2.24, 2.45) is 0 Å². The van der Waals surface area contributed by atoms with E-state index in [1.165, 1.54) is 29.0 Å². The highest BCUT2D eigenvalue weighted by atomic mass is 32.1. The molecule has 1 aliphatic carbocycles. The van der Waals surface area contributed by atoms with Gasteiger partial charge in [0.15, 0.2) is 10.2 Å². The zero-order valence-corrected chi connectivity index (χ0v) is 13.0. The van der Waals surface area contributed by atoms with Crippen LogP contribution in [0.5, 0.6) is 0 Å². The summed E-state index contributed by atoms with van der Waals surface area (Å²) in [6.07, 6.45) is 4.79. The summed E-state index contributed by atoms with van der Waals surface area (Å²) in [6.45, 7) is 2.07. The van der Waals surface area contributed by atoms with E-state index in [0.29, 0.717) is 5.11 Å². The van der Waals surface area contributed by atoms with Gasteiger partial charge in [0.05, 0.1) is 5.69 Å². The van der Waals surface area contributed by atoms with Crippen LogP contribution >= 0.6 is 23.6 Å². The molecule has 3 nitrogen and oxygen atoms in total. The van der Waals surface area contributed by atoms with Crippen LogP contribution in [-0.2, 0) is 12.8 Å². The molecule has 3 rings (SSSR count).